The molecule has 0 amide bonds. The van der Waals surface area contributed by atoms with Gasteiger partial charge in [-0.2, -0.15) is 0 Å². The molecular formula is C16H17BrClNO2. The fourth-order valence-corrected chi connectivity index (χ4v) is 3.02. The number of ether oxygens (including phenoxy) is 2. The number of benzene rings is 2. The average Bonchev–Trinajstić information content (AvgIpc) is 2.49. The summed E-state index contributed by atoms with van der Waals surface area (Å²) in [6.45, 7) is 1.96. The zero-order chi connectivity index (χ0) is 15.6. The highest BCUT2D eigenvalue weighted by molar-refractivity contribution is 9.10. The molecule has 0 heterocycles. The molecule has 1 unspecified atom stereocenters. The topological polar surface area (TPSA) is 44.5 Å². The zero-order valence-corrected chi connectivity index (χ0v) is 14.5. The molecule has 2 N–H and O–H groups in total. The molecule has 0 spiro atoms. The Balaban J connectivity index is 2.50. The van der Waals surface area contributed by atoms with Crippen molar-refractivity contribution in [3.8, 4) is 11.5 Å². The van der Waals surface area contributed by atoms with E-state index in [0.717, 1.165) is 21.2 Å². The molecule has 0 fully saturated rings. The van der Waals surface area contributed by atoms with Crippen LogP contribution >= 0.6 is 27.5 Å². The van der Waals surface area contributed by atoms with Crippen LogP contribution in [0.4, 0.5) is 0 Å². The normalized spacial score (nSPS) is 12.1. The van der Waals surface area contributed by atoms with Gasteiger partial charge in [0, 0.05) is 10.6 Å². The van der Waals surface area contributed by atoms with E-state index in [2.05, 4.69) is 15.9 Å². The summed E-state index contributed by atoms with van der Waals surface area (Å²) in [7, 11) is 3.22. The van der Waals surface area contributed by atoms with Crippen LogP contribution in [0.25, 0.3) is 0 Å². The van der Waals surface area contributed by atoms with Gasteiger partial charge in [0.15, 0.2) is 0 Å². The first kappa shape index (κ1) is 16.1. The molecule has 0 bridgehead atoms. The van der Waals surface area contributed by atoms with Crippen LogP contribution in [0.3, 0.4) is 0 Å². The molecule has 0 saturated heterocycles. The molecule has 0 aliphatic carbocycles. The molecule has 3 nitrogen and oxygen atoms in total. The first-order valence-electron chi connectivity index (χ1n) is 6.41. The second-order valence-corrected chi connectivity index (χ2v) is 5.89. The fourth-order valence-electron chi connectivity index (χ4n) is 2.15. The highest BCUT2D eigenvalue weighted by atomic mass is 79.9. The van der Waals surface area contributed by atoms with Crippen molar-refractivity contribution in [1.82, 2.24) is 0 Å². The predicted octanol–water partition coefficient (Wildman–Crippen LogP) is 4.48. The third-order valence-corrected chi connectivity index (χ3v) is 4.56. The summed E-state index contributed by atoms with van der Waals surface area (Å²) in [5.41, 5.74) is 9.19. The van der Waals surface area contributed by atoms with Gasteiger partial charge in [0.25, 0.3) is 0 Å². The first-order valence-corrected chi connectivity index (χ1v) is 7.58. The van der Waals surface area contributed by atoms with Crippen molar-refractivity contribution < 1.29 is 9.47 Å². The van der Waals surface area contributed by atoms with Gasteiger partial charge in [-0.3, -0.25) is 0 Å². The van der Waals surface area contributed by atoms with E-state index in [1.165, 1.54) is 0 Å². The zero-order valence-electron chi connectivity index (χ0n) is 12.1. The summed E-state index contributed by atoms with van der Waals surface area (Å²) in [4.78, 5) is 0. The maximum atomic E-state index is 6.37. The Morgan fingerprint density at radius 3 is 2.43 bits per heavy atom. The first-order chi connectivity index (χ1) is 9.99. The molecule has 0 aliphatic heterocycles. The Morgan fingerprint density at radius 1 is 1.14 bits per heavy atom. The van der Waals surface area contributed by atoms with Crippen LogP contribution in [0, 0.1) is 6.92 Å². The third kappa shape index (κ3) is 3.18. The molecule has 1 atom stereocenters. The number of hydrogen-bond donors (Lipinski definition) is 1. The summed E-state index contributed by atoms with van der Waals surface area (Å²) < 4.78 is 11.5. The van der Waals surface area contributed by atoms with Gasteiger partial charge in [0.1, 0.15) is 16.0 Å². The molecule has 2 aromatic rings. The van der Waals surface area contributed by atoms with E-state index in [4.69, 9.17) is 26.8 Å². The van der Waals surface area contributed by atoms with Gasteiger partial charge >= 0.3 is 0 Å². The Labute approximate surface area is 138 Å². The second kappa shape index (κ2) is 6.69. The lowest BCUT2D eigenvalue weighted by Gasteiger charge is -2.19. The Morgan fingerprint density at radius 2 is 1.86 bits per heavy atom. The molecule has 2 rings (SSSR count). The summed E-state index contributed by atoms with van der Waals surface area (Å²) in [6.07, 6.45) is 0. The van der Waals surface area contributed by atoms with Crippen molar-refractivity contribution in [3.63, 3.8) is 0 Å². The maximum Gasteiger partial charge on any atom is 0.141 e. The minimum absolute atomic E-state index is 0.333. The molecule has 0 radical (unpaired) electrons. The van der Waals surface area contributed by atoms with Gasteiger partial charge in [-0.25, -0.2) is 0 Å². The smallest absolute Gasteiger partial charge is 0.141 e. The Hall–Kier alpha value is -1.23. The van der Waals surface area contributed by atoms with E-state index in [1.807, 2.05) is 37.3 Å². The number of hydrogen-bond acceptors (Lipinski definition) is 3. The molecule has 21 heavy (non-hydrogen) atoms. The van der Waals surface area contributed by atoms with Crippen molar-refractivity contribution in [2.24, 2.45) is 5.73 Å². The third-order valence-electron chi connectivity index (χ3n) is 3.41. The lowest BCUT2D eigenvalue weighted by Crippen LogP contribution is -2.13. The van der Waals surface area contributed by atoms with E-state index >= 15 is 0 Å². The molecule has 0 aromatic heterocycles. The Kier molecular flexibility index (Phi) is 5.14. The van der Waals surface area contributed by atoms with Crippen LogP contribution in [-0.2, 0) is 0 Å². The van der Waals surface area contributed by atoms with Crippen LogP contribution in [0.1, 0.15) is 22.7 Å². The number of aryl methyl sites for hydroxylation is 1. The Bertz CT molecular complexity index is 661. The minimum atomic E-state index is -0.333. The monoisotopic (exact) mass is 369 g/mol. The molecule has 0 aliphatic rings. The van der Waals surface area contributed by atoms with Crippen molar-refractivity contribution in [3.05, 3.63) is 56.5 Å². The van der Waals surface area contributed by atoms with Crippen LogP contribution in [0.15, 0.2) is 34.8 Å². The van der Waals surface area contributed by atoms with Crippen molar-refractivity contribution in [2.45, 2.75) is 13.0 Å². The molecular weight excluding hydrogens is 354 g/mol. The average molecular weight is 371 g/mol. The maximum absolute atomic E-state index is 6.37. The van der Waals surface area contributed by atoms with Crippen molar-refractivity contribution in [2.75, 3.05) is 14.2 Å². The van der Waals surface area contributed by atoms with Crippen LogP contribution < -0.4 is 15.2 Å². The highest BCUT2D eigenvalue weighted by Crippen LogP contribution is 2.40. The van der Waals surface area contributed by atoms with E-state index in [1.54, 1.807) is 14.2 Å². The lowest BCUT2D eigenvalue weighted by molar-refractivity contribution is 0.385. The van der Waals surface area contributed by atoms with Gasteiger partial charge in [0.2, 0.25) is 0 Å². The molecule has 0 saturated carbocycles. The van der Waals surface area contributed by atoms with E-state index in [-0.39, 0.29) is 6.04 Å². The van der Waals surface area contributed by atoms with Gasteiger partial charge in [0.05, 0.1) is 20.3 Å². The van der Waals surface area contributed by atoms with Crippen LogP contribution in [0.2, 0.25) is 5.02 Å². The summed E-state index contributed by atoms with van der Waals surface area (Å²) in [5, 5.41) is 0.703. The fraction of sp³-hybridized carbons (Fsp3) is 0.250. The lowest BCUT2D eigenvalue weighted by atomic mass is 9.97. The quantitative estimate of drug-likeness (QED) is 0.863. The van der Waals surface area contributed by atoms with Crippen LogP contribution in [-0.4, -0.2) is 14.2 Å². The van der Waals surface area contributed by atoms with Gasteiger partial charge in [-0.15, -0.1) is 0 Å². The largest absolute Gasteiger partial charge is 0.495 e. The number of rotatable bonds is 4. The highest BCUT2D eigenvalue weighted by Gasteiger charge is 2.19. The minimum Gasteiger partial charge on any atom is -0.495 e. The van der Waals surface area contributed by atoms with Crippen molar-refractivity contribution >= 4 is 27.5 Å². The number of halogens is 2. The van der Waals surface area contributed by atoms with Crippen molar-refractivity contribution in [1.29, 1.82) is 0 Å². The SMILES string of the molecule is COc1ccc(C(N)c2ccc(C)c(Cl)c2)c(OC)c1Br. The van der Waals surface area contributed by atoms with E-state index in [0.29, 0.717) is 16.5 Å². The van der Waals surface area contributed by atoms with E-state index in [9.17, 15) is 0 Å². The summed E-state index contributed by atoms with van der Waals surface area (Å²) in [5.74, 6) is 1.36. The van der Waals surface area contributed by atoms with Gasteiger partial charge in [-0.05, 0) is 52.2 Å². The number of methoxy groups -OCH3 is 2. The standard InChI is InChI=1S/C16H17BrClNO2/c1-9-4-5-10(8-12(9)18)15(19)11-6-7-13(20-2)14(17)16(11)21-3/h4-8,15H,19H2,1-3H3. The molecule has 112 valence electrons. The summed E-state index contributed by atoms with van der Waals surface area (Å²) >= 11 is 9.67. The number of nitrogens with two attached hydrogens (primary N) is 1. The van der Waals surface area contributed by atoms with Gasteiger partial charge < -0.3 is 15.2 Å². The van der Waals surface area contributed by atoms with E-state index < -0.39 is 0 Å². The molecule has 2 aromatic carbocycles. The second-order valence-electron chi connectivity index (χ2n) is 4.69. The van der Waals surface area contributed by atoms with Gasteiger partial charge in [-0.1, -0.05) is 23.7 Å². The summed E-state index contributed by atoms with van der Waals surface area (Å²) in [6, 6.07) is 9.25. The predicted molar refractivity (Wildman–Crippen MR) is 89.5 cm³/mol. The van der Waals surface area contributed by atoms with Crippen LogP contribution in [0.5, 0.6) is 11.5 Å². The molecule has 5 heteroatoms.